The molecule has 142 valence electrons. The van der Waals surface area contributed by atoms with Crippen molar-refractivity contribution in [1.29, 1.82) is 0 Å². The highest BCUT2D eigenvalue weighted by Crippen LogP contribution is 2.22. The topological polar surface area (TPSA) is 84.5 Å². The summed E-state index contributed by atoms with van der Waals surface area (Å²) < 4.78 is 5.15. The van der Waals surface area contributed by atoms with Crippen LogP contribution in [0.3, 0.4) is 0 Å². The maximum Gasteiger partial charge on any atom is 0.340 e. The first kappa shape index (κ1) is 20.7. The molecule has 27 heavy (non-hydrogen) atoms. The van der Waals surface area contributed by atoms with Crippen LogP contribution in [0.4, 0.5) is 11.4 Å². The molecule has 2 aromatic carbocycles. The summed E-state index contributed by atoms with van der Waals surface area (Å²) in [5.41, 5.74) is 0.628. The SMILES string of the molecule is CCCCOC(=O)c1ccccc1NC(=O)C(=O)Nc1cc(Cl)cc(Cl)c1. The van der Waals surface area contributed by atoms with Gasteiger partial charge < -0.3 is 15.4 Å². The molecule has 0 bridgehead atoms. The lowest BCUT2D eigenvalue weighted by Gasteiger charge is -2.11. The van der Waals surface area contributed by atoms with Gasteiger partial charge in [0.25, 0.3) is 0 Å². The van der Waals surface area contributed by atoms with Crippen molar-refractivity contribution in [3.63, 3.8) is 0 Å². The van der Waals surface area contributed by atoms with Crippen LogP contribution in [-0.2, 0) is 14.3 Å². The minimum Gasteiger partial charge on any atom is -0.462 e. The third-order valence-corrected chi connectivity index (χ3v) is 3.89. The lowest BCUT2D eigenvalue weighted by atomic mass is 10.1. The van der Waals surface area contributed by atoms with Crippen molar-refractivity contribution >= 4 is 52.4 Å². The van der Waals surface area contributed by atoms with Crippen molar-refractivity contribution in [1.82, 2.24) is 0 Å². The molecule has 0 spiro atoms. The van der Waals surface area contributed by atoms with Crippen LogP contribution in [0.2, 0.25) is 10.0 Å². The predicted octanol–water partition coefficient (Wildman–Crippen LogP) is 4.53. The van der Waals surface area contributed by atoms with E-state index in [-0.39, 0.29) is 23.5 Å². The van der Waals surface area contributed by atoms with Gasteiger partial charge >= 0.3 is 17.8 Å². The Hall–Kier alpha value is -2.57. The highest BCUT2D eigenvalue weighted by atomic mass is 35.5. The van der Waals surface area contributed by atoms with Crippen molar-refractivity contribution in [2.75, 3.05) is 17.2 Å². The molecule has 0 aliphatic carbocycles. The quantitative estimate of drug-likeness (QED) is 0.417. The average Bonchev–Trinajstić information content (AvgIpc) is 2.61. The zero-order valence-corrected chi connectivity index (χ0v) is 16.1. The number of esters is 1. The van der Waals surface area contributed by atoms with Crippen LogP contribution < -0.4 is 10.6 Å². The molecule has 0 aliphatic rings. The number of ether oxygens (including phenoxy) is 1. The third kappa shape index (κ3) is 6.27. The van der Waals surface area contributed by atoms with E-state index in [4.69, 9.17) is 27.9 Å². The number of hydrogen-bond donors (Lipinski definition) is 2. The van der Waals surface area contributed by atoms with Crippen LogP contribution in [-0.4, -0.2) is 24.4 Å². The number of hydrogen-bond acceptors (Lipinski definition) is 4. The van der Waals surface area contributed by atoms with E-state index < -0.39 is 17.8 Å². The van der Waals surface area contributed by atoms with Gasteiger partial charge in [0, 0.05) is 15.7 Å². The highest BCUT2D eigenvalue weighted by molar-refractivity contribution is 6.44. The second-order valence-corrected chi connectivity index (χ2v) is 6.47. The summed E-state index contributed by atoms with van der Waals surface area (Å²) in [6.45, 7) is 2.27. The summed E-state index contributed by atoms with van der Waals surface area (Å²) in [7, 11) is 0. The molecule has 0 radical (unpaired) electrons. The smallest absolute Gasteiger partial charge is 0.340 e. The fourth-order valence-corrected chi connectivity index (χ4v) is 2.68. The number of anilines is 2. The first-order valence-electron chi connectivity index (χ1n) is 8.25. The van der Waals surface area contributed by atoms with Crippen LogP contribution in [0, 0.1) is 0 Å². The molecule has 2 aromatic rings. The summed E-state index contributed by atoms with van der Waals surface area (Å²) in [6, 6.07) is 10.7. The monoisotopic (exact) mass is 408 g/mol. The van der Waals surface area contributed by atoms with E-state index >= 15 is 0 Å². The van der Waals surface area contributed by atoms with Gasteiger partial charge in [-0.25, -0.2) is 4.79 Å². The highest BCUT2D eigenvalue weighted by Gasteiger charge is 2.19. The lowest BCUT2D eigenvalue weighted by Crippen LogP contribution is -2.29. The van der Waals surface area contributed by atoms with Crippen LogP contribution in [0.25, 0.3) is 0 Å². The first-order chi connectivity index (χ1) is 12.9. The van der Waals surface area contributed by atoms with Gasteiger partial charge in [0.05, 0.1) is 17.9 Å². The molecule has 0 heterocycles. The molecule has 0 saturated carbocycles. The van der Waals surface area contributed by atoms with Gasteiger partial charge in [-0.2, -0.15) is 0 Å². The van der Waals surface area contributed by atoms with Gasteiger partial charge in [-0.05, 0) is 36.8 Å². The van der Waals surface area contributed by atoms with Gasteiger partial charge in [0.1, 0.15) is 0 Å². The first-order valence-corrected chi connectivity index (χ1v) is 9.01. The zero-order valence-electron chi connectivity index (χ0n) is 14.6. The Kier molecular flexibility index (Phi) is 7.64. The Morgan fingerprint density at radius 2 is 1.59 bits per heavy atom. The average molecular weight is 409 g/mol. The summed E-state index contributed by atoms with van der Waals surface area (Å²) in [5, 5.41) is 5.45. The van der Waals surface area contributed by atoms with E-state index in [9.17, 15) is 14.4 Å². The molecular weight excluding hydrogens is 391 g/mol. The summed E-state index contributed by atoms with van der Waals surface area (Å²) in [6.07, 6.45) is 1.63. The molecule has 6 nitrogen and oxygen atoms in total. The van der Waals surface area contributed by atoms with Crippen LogP contribution in [0.15, 0.2) is 42.5 Å². The normalized spacial score (nSPS) is 10.2. The maximum atomic E-state index is 12.2. The van der Waals surface area contributed by atoms with Gasteiger partial charge in [0.2, 0.25) is 0 Å². The molecule has 0 atom stereocenters. The van der Waals surface area contributed by atoms with Gasteiger partial charge in [0.15, 0.2) is 0 Å². The predicted molar refractivity (Wildman–Crippen MR) is 105 cm³/mol. The maximum absolute atomic E-state index is 12.2. The second-order valence-electron chi connectivity index (χ2n) is 5.60. The number of benzene rings is 2. The second kappa shape index (κ2) is 9.94. The van der Waals surface area contributed by atoms with Crippen molar-refractivity contribution in [2.45, 2.75) is 19.8 Å². The number of carbonyl (C=O) groups excluding carboxylic acids is 3. The van der Waals surface area contributed by atoms with Crippen molar-refractivity contribution in [3.05, 3.63) is 58.1 Å². The fraction of sp³-hybridized carbons (Fsp3) is 0.211. The number of unbranched alkanes of at least 4 members (excludes halogenated alkanes) is 1. The molecule has 8 heteroatoms. The number of carbonyl (C=O) groups is 3. The van der Waals surface area contributed by atoms with Gasteiger partial charge in [-0.3, -0.25) is 9.59 Å². The molecule has 0 unspecified atom stereocenters. The minimum atomic E-state index is -0.945. The van der Waals surface area contributed by atoms with Gasteiger partial charge in [-0.15, -0.1) is 0 Å². The summed E-state index contributed by atoms with van der Waals surface area (Å²) in [4.78, 5) is 36.4. The fourth-order valence-electron chi connectivity index (χ4n) is 2.15. The lowest BCUT2D eigenvalue weighted by molar-refractivity contribution is -0.133. The van der Waals surface area contributed by atoms with Crippen molar-refractivity contribution in [3.8, 4) is 0 Å². The molecule has 2 amide bonds. The molecule has 0 aliphatic heterocycles. The van der Waals surface area contributed by atoms with Crippen LogP contribution >= 0.6 is 23.2 Å². The minimum absolute atomic E-state index is 0.167. The molecule has 0 fully saturated rings. The van der Waals surface area contributed by atoms with Crippen LogP contribution in [0.1, 0.15) is 30.1 Å². The van der Waals surface area contributed by atoms with Gasteiger partial charge in [-0.1, -0.05) is 48.7 Å². The zero-order chi connectivity index (χ0) is 19.8. The molecule has 2 rings (SSSR count). The van der Waals surface area contributed by atoms with E-state index in [1.54, 1.807) is 12.1 Å². The van der Waals surface area contributed by atoms with E-state index in [1.165, 1.54) is 30.3 Å². The van der Waals surface area contributed by atoms with Crippen LogP contribution in [0.5, 0.6) is 0 Å². The Labute approximate surface area is 166 Å². The van der Waals surface area contributed by atoms with E-state index in [0.29, 0.717) is 10.0 Å². The summed E-state index contributed by atoms with van der Waals surface area (Å²) in [5.74, 6) is -2.44. The third-order valence-electron chi connectivity index (χ3n) is 3.45. The van der Waals surface area contributed by atoms with E-state index in [0.717, 1.165) is 12.8 Å². The van der Waals surface area contributed by atoms with E-state index in [1.807, 2.05) is 6.92 Å². The Balaban J connectivity index is 2.06. The molecular formula is C19H18Cl2N2O4. The van der Waals surface area contributed by atoms with Crippen molar-refractivity contribution in [2.24, 2.45) is 0 Å². The molecule has 0 aromatic heterocycles. The van der Waals surface area contributed by atoms with Crippen molar-refractivity contribution < 1.29 is 19.1 Å². The van der Waals surface area contributed by atoms with E-state index in [2.05, 4.69) is 10.6 Å². The Morgan fingerprint density at radius 1 is 0.963 bits per heavy atom. The molecule has 0 saturated heterocycles. The summed E-state index contributed by atoms with van der Waals surface area (Å²) >= 11 is 11.7. The molecule has 2 N–H and O–H groups in total. The largest absolute Gasteiger partial charge is 0.462 e. The Bertz CT molecular complexity index is 835. The number of rotatable bonds is 6. The Morgan fingerprint density at radius 3 is 2.26 bits per heavy atom. The number of para-hydroxylation sites is 1. The number of nitrogens with one attached hydrogen (secondary N) is 2. The number of halogens is 2. The standard InChI is InChI=1S/C19H18Cl2N2O4/c1-2-3-8-27-19(26)15-6-4-5-7-16(15)23-18(25)17(24)22-14-10-12(20)9-13(21)11-14/h4-7,9-11H,2-3,8H2,1H3,(H,22,24)(H,23,25). The number of amides is 2.